The number of halogens is 3. The molecule has 7 nitrogen and oxygen atoms in total. The Kier molecular flexibility index (Phi) is 6.90. The third-order valence-corrected chi connectivity index (χ3v) is 5.78. The first-order chi connectivity index (χ1) is 15.6. The molecule has 0 fully saturated rings. The first kappa shape index (κ1) is 25.4. The Balaban J connectivity index is 2.12. The molecule has 1 N–H and O–H groups in total. The number of benzene rings is 2. The number of aliphatic hydroxyl groups is 1. The molecule has 0 aliphatic carbocycles. The molecule has 0 saturated heterocycles. The zero-order valence-corrected chi connectivity index (χ0v) is 19.4. The largest absolute Gasteiger partial charge is 0.484 e. The van der Waals surface area contributed by atoms with E-state index in [2.05, 4.69) is 5.10 Å². The van der Waals surface area contributed by atoms with Crippen molar-refractivity contribution in [3.05, 3.63) is 70.6 Å². The van der Waals surface area contributed by atoms with E-state index in [-0.39, 0.29) is 34.1 Å². The van der Waals surface area contributed by atoms with Gasteiger partial charge in [-0.2, -0.15) is 23.0 Å². The van der Waals surface area contributed by atoms with Crippen LogP contribution in [0.25, 0.3) is 16.8 Å². The van der Waals surface area contributed by atoms with Gasteiger partial charge in [-0.25, -0.2) is 8.42 Å². The Hall–Kier alpha value is -3.18. The highest BCUT2D eigenvalue weighted by molar-refractivity contribution is 7.90. The monoisotopic (exact) mass is 496 g/mol. The van der Waals surface area contributed by atoms with E-state index in [9.17, 15) is 31.5 Å². The third-order valence-electron chi connectivity index (χ3n) is 4.66. The van der Waals surface area contributed by atoms with Gasteiger partial charge in [-0.15, -0.1) is 0 Å². The number of hydrogen-bond acceptors (Lipinski definition) is 6. The Morgan fingerprint density at radius 3 is 2.29 bits per heavy atom. The molecular formula is C23H23F3N2O5S. The van der Waals surface area contributed by atoms with Gasteiger partial charge in [0.05, 0.1) is 28.8 Å². The van der Waals surface area contributed by atoms with Crippen LogP contribution in [0, 0.1) is 0 Å². The van der Waals surface area contributed by atoms with Gasteiger partial charge in [0.25, 0.3) is 0 Å². The number of alkyl halides is 3. The highest BCUT2D eigenvalue weighted by Crippen LogP contribution is 2.29. The second kappa shape index (κ2) is 9.22. The van der Waals surface area contributed by atoms with Crippen LogP contribution < -0.4 is 10.3 Å². The number of rotatable bonds is 7. The van der Waals surface area contributed by atoms with Crippen molar-refractivity contribution in [3.63, 3.8) is 0 Å². The first-order valence-corrected chi connectivity index (χ1v) is 12.0. The highest BCUT2D eigenvalue weighted by atomic mass is 32.2. The minimum atomic E-state index is -4.42. The molecule has 3 rings (SSSR count). The Labute approximate surface area is 194 Å². The Bertz CT molecular complexity index is 1340. The lowest BCUT2D eigenvalue weighted by atomic mass is 10.1. The van der Waals surface area contributed by atoms with Crippen molar-refractivity contribution in [2.45, 2.75) is 36.9 Å². The van der Waals surface area contributed by atoms with E-state index in [1.54, 1.807) is 0 Å². The second-order valence-electron chi connectivity index (χ2n) is 8.46. The van der Waals surface area contributed by atoms with Crippen LogP contribution in [0.2, 0.25) is 0 Å². The van der Waals surface area contributed by atoms with Crippen molar-refractivity contribution < 1.29 is 31.4 Å². The molecule has 1 heterocycles. The van der Waals surface area contributed by atoms with Crippen molar-refractivity contribution in [2.24, 2.45) is 0 Å². The van der Waals surface area contributed by atoms with Crippen LogP contribution in [0.1, 0.15) is 19.4 Å². The van der Waals surface area contributed by atoms with Gasteiger partial charge < -0.3 is 9.84 Å². The summed E-state index contributed by atoms with van der Waals surface area (Å²) in [5.74, 6) is -0.189. The maximum Gasteiger partial charge on any atom is 0.393 e. The van der Waals surface area contributed by atoms with Crippen LogP contribution in [-0.2, 0) is 16.3 Å². The summed E-state index contributed by atoms with van der Waals surface area (Å²) in [5.41, 5.74) is -1.31. The fraction of sp³-hybridized carbons (Fsp3) is 0.304. The Morgan fingerprint density at radius 2 is 1.74 bits per heavy atom. The summed E-state index contributed by atoms with van der Waals surface area (Å²) in [6.45, 7) is 2.70. The minimum absolute atomic E-state index is 0.0434. The van der Waals surface area contributed by atoms with Gasteiger partial charge in [0.2, 0.25) is 0 Å². The normalized spacial score (nSPS) is 12.6. The molecule has 0 aliphatic rings. The van der Waals surface area contributed by atoms with Crippen LogP contribution in [-0.4, -0.2) is 47.9 Å². The molecule has 182 valence electrons. The van der Waals surface area contributed by atoms with Gasteiger partial charge in [0, 0.05) is 11.8 Å². The molecule has 34 heavy (non-hydrogen) atoms. The molecule has 1 aromatic heterocycles. The van der Waals surface area contributed by atoms with Gasteiger partial charge in [-0.05, 0) is 49.2 Å². The fourth-order valence-electron chi connectivity index (χ4n) is 3.13. The van der Waals surface area contributed by atoms with Crippen LogP contribution in [0.5, 0.6) is 5.75 Å². The predicted octanol–water partition coefficient (Wildman–Crippen LogP) is 3.56. The SMILES string of the molecule is CC(C)(O)COc1c(-c2ccc(S(C)(=O)=O)cc2)cnn(-c2cccc(CC(F)(F)F)c2)c1=O. The average Bonchev–Trinajstić information content (AvgIpc) is 2.70. The van der Waals surface area contributed by atoms with Gasteiger partial charge >= 0.3 is 11.7 Å². The molecule has 0 saturated carbocycles. The van der Waals surface area contributed by atoms with E-state index in [1.165, 1.54) is 68.6 Å². The van der Waals surface area contributed by atoms with Gasteiger partial charge in [0.15, 0.2) is 15.6 Å². The lowest BCUT2D eigenvalue weighted by Crippen LogP contribution is -2.31. The quantitative estimate of drug-likeness (QED) is 0.537. The highest BCUT2D eigenvalue weighted by Gasteiger charge is 2.28. The van der Waals surface area contributed by atoms with Crippen LogP contribution in [0.3, 0.4) is 0 Å². The summed E-state index contributed by atoms with van der Waals surface area (Å²) in [7, 11) is -3.44. The number of nitrogens with zero attached hydrogens (tertiary/aromatic N) is 2. The summed E-state index contributed by atoms with van der Waals surface area (Å²) in [6, 6.07) is 11.0. The lowest BCUT2D eigenvalue weighted by Gasteiger charge is -2.20. The van der Waals surface area contributed by atoms with Crippen molar-refractivity contribution >= 4 is 9.84 Å². The number of aromatic nitrogens is 2. The predicted molar refractivity (Wildman–Crippen MR) is 120 cm³/mol. The second-order valence-corrected chi connectivity index (χ2v) is 10.5. The van der Waals surface area contributed by atoms with Crippen molar-refractivity contribution in [3.8, 4) is 22.6 Å². The van der Waals surface area contributed by atoms with Gasteiger partial charge in [0.1, 0.15) is 6.61 Å². The van der Waals surface area contributed by atoms with E-state index in [4.69, 9.17) is 4.74 Å². The minimum Gasteiger partial charge on any atom is -0.484 e. The van der Waals surface area contributed by atoms with E-state index in [1.807, 2.05) is 0 Å². The maximum atomic E-state index is 13.3. The summed E-state index contributed by atoms with van der Waals surface area (Å²) < 4.78 is 68.5. The number of sulfone groups is 1. The zero-order chi connectivity index (χ0) is 25.3. The summed E-state index contributed by atoms with van der Waals surface area (Å²) in [5, 5.41) is 14.2. The number of ether oxygens (including phenoxy) is 1. The summed E-state index contributed by atoms with van der Waals surface area (Å²) in [6.07, 6.45) is -3.22. The molecular weight excluding hydrogens is 473 g/mol. The van der Waals surface area contributed by atoms with E-state index in [0.29, 0.717) is 5.56 Å². The van der Waals surface area contributed by atoms with E-state index < -0.39 is 33.6 Å². The van der Waals surface area contributed by atoms with Crippen molar-refractivity contribution in [2.75, 3.05) is 12.9 Å². The molecule has 0 spiro atoms. The van der Waals surface area contributed by atoms with E-state index in [0.717, 1.165) is 10.9 Å². The van der Waals surface area contributed by atoms with E-state index >= 15 is 0 Å². The van der Waals surface area contributed by atoms with Crippen molar-refractivity contribution in [1.29, 1.82) is 0 Å². The number of hydrogen-bond donors (Lipinski definition) is 1. The fourth-order valence-corrected chi connectivity index (χ4v) is 3.76. The molecule has 3 aromatic rings. The molecule has 0 radical (unpaired) electrons. The average molecular weight is 497 g/mol. The zero-order valence-electron chi connectivity index (χ0n) is 18.6. The molecule has 0 bridgehead atoms. The summed E-state index contributed by atoms with van der Waals surface area (Å²) in [4.78, 5) is 13.4. The molecule has 0 aliphatic heterocycles. The third kappa shape index (κ3) is 6.45. The molecule has 2 aromatic carbocycles. The van der Waals surface area contributed by atoms with Crippen LogP contribution in [0.15, 0.2) is 64.4 Å². The molecule has 11 heteroatoms. The smallest absolute Gasteiger partial charge is 0.393 e. The Morgan fingerprint density at radius 1 is 1.09 bits per heavy atom. The van der Waals surface area contributed by atoms with Crippen LogP contribution in [0.4, 0.5) is 13.2 Å². The molecule has 0 unspecified atom stereocenters. The van der Waals surface area contributed by atoms with Gasteiger partial charge in [-0.1, -0.05) is 24.3 Å². The van der Waals surface area contributed by atoms with Crippen LogP contribution >= 0.6 is 0 Å². The summed E-state index contributed by atoms with van der Waals surface area (Å²) >= 11 is 0. The maximum absolute atomic E-state index is 13.3. The van der Waals surface area contributed by atoms with Gasteiger partial charge in [-0.3, -0.25) is 4.79 Å². The standard InChI is InChI=1S/C23H23F3N2O5S/c1-22(2,30)14-33-20-19(16-7-9-18(10-8-16)34(3,31)32)13-27-28(21(20)29)17-6-4-5-15(11-17)12-23(24,25)26/h4-11,13,30H,12,14H2,1-3H3. The molecule has 0 atom stereocenters. The molecule has 0 amide bonds. The lowest BCUT2D eigenvalue weighted by molar-refractivity contribution is -0.127. The van der Waals surface area contributed by atoms with Crippen molar-refractivity contribution in [1.82, 2.24) is 9.78 Å². The topological polar surface area (TPSA) is 98.5 Å². The first-order valence-electron chi connectivity index (χ1n) is 10.1.